The monoisotopic (exact) mass is 382 g/mol. The van der Waals surface area contributed by atoms with Crippen molar-refractivity contribution in [3.63, 3.8) is 0 Å². The summed E-state index contributed by atoms with van der Waals surface area (Å²) in [5, 5.41) is 5.40. The molecule has 7 heteroatoms. The van der Waals surface area contributed by atoms with Gasteiger partial charge in [-0.25, -0.2) is 9.59 Å². The smallest absolute Gasteiger partial charge is 0.338 e. The molecule has 0 saturated heterocycles. The van der Waals surface area contributed by atoms with E-state index in [0.717, 1.165) is 5.56 Å². The minimum Gasteiger partial charge on any atom is -0.493 e. The van der Waals surface area contributed by atoms with Gasteiger partial charge in [-0.05, 0) is 18.6 Å². The normalized spacial score (nSPS) is 16.1. The predicted octanol–water partition coefficient (Wildman–Crippen LogP) is 3.08. The summed E-state index contributed by atoms with van der Waals surface area (Å²) in [5.74, 6) is 0.421. The molecule has 0 radical (unpaired) electrons. The molecular weight excluding hydrogens is 360 g/mol. The average molecular weight is 382 g/mol. The molecule has 2 N–H and O–H groups in total. The van der Waals surface area contributed by atoms with E-state index in [0.29, 0.717) is 28.3 Å². The van der Waals surface area contributed by atoms with Crippen molar-refractivity contribution in [3.05, 3.63) is 70.9 Å². The Morgan fingerprint density at radius 1 is 1.04 bits per heavy atom. The van der Waals surface area contributed by atoms with E-state index in [9.17, 15) is 9.59 Å². The molecule has 2 aromatic rings. The van der Waals surface area contributed by atoms with Gasteiger partial charge in [0.05, 0.1) is 25.8 Å². The molecule has 2 amide bonds. The summed E-state index contributed by atoms with van der Waals surface area (Å²) in [5.41, 5.74) is 2.21. The quantitative estimate of drug-likeness (QED) is 0.750. The lowest BCUT2D eigenvalue weighted by Crippen LogP contribution is -2.45. The third-order valence-corrected chi connectivity index (χ3v) is 4.45. The summed E-state index contributed by atoms with van der Waals surface area (Å²) in [4.78, 5) is 25.0. The predicted molar refractivity (Wildman–Crippen MR) is 103 cm³/mol. The molecule has 0 aromatic heterocycles. The summed E-state index contributed by atoms with van der Waals surface area (Å²) in [7, 11) is 3.03. The maximum atomic E-state index is 12.9. The van der Waals surface area contributed by atoms with Gasteiger partial charge in [0.25, 0.3) is 0 Å². The number of nitrogens with one attached hydrogen (secondary N) is 2. The van der Waals surface area contributed by atoms with Gasteiger partial charge in [-0.2, -0.15) is 0 Å². The number of benzene rings is 2. The van der Waals surface area contributed by atoms with E-state index in [1.54, 1.807) is 25.1 Å². The van der Waals surface area contributed by atoms with Crippen LogP contribution >= 0.6 is 0 Å². The second-order valence-corrected chi connectivity index (χ2v) is 6.21. The maximum absolute atomic E-state index is 12.9. The molecule has 0 spiro atoms. The Kier molecular flexibility index (Phi) is 5.84. The van der Waals surface area contributed by atoms with Gasteiger partial charge in [0.1, 0.15) is 6.61 Å². The van der Waals surface area contributed by atoms with Crippen LogP contribution in [-0.2, 0) is 16.1 Å². The molecule has 1 unspecified atom stereocenters. The van der Waals surface area contributed by atoms with Crippen molar-refractivity contribution in [2.45, 2.75) is 19.6 Å². The number of hydrogen-bond donors (Lipinski definition) is 2. The first-order valence-corrected chi connectivity index (χ1v) is 8.75. The summed E-state index contributed by atoms with van der Waals surface area (Å²) in [6.07, 6.45) is 0. The van der Waals surface area contributed by atoms with Gasteiger partial charge in [0.2, 0.25) is 0 Å². The third-order valence-electron chi connectivity index (χ3n) is 4.45. The van der Waals surface area contributed by atoms with Crippen LogP contribution < -0.4 is 20.1 Å². The molecule has 0 bridgehead atoms. The molecule has 1 aliphatic heterocycles. The van der Waals surface area contributed by atoms with Crippen LogP contribution in [0.5, 0.6) is 11.5 Å². The number of carbonyl (C=O) groups excluding carboxylic acids is 2. The lowest BCUT2D eigenvalue weighted by atomic mass is 9.94. The van der Waals surface area contributed by atoms with Crippen molar-refractivity contribution in [3.8, 4) is 11.5 Å². The summed E-state index contributed by atoms with van der Waals surface area (Å²) in [6, 6.07) is 13.5. The first-order chi connectivity index (χ1) is 13.5. The topological polar surface area (TPSA) is 85.9 Å². The van der Waals surface area contributed by atoms with Crippen LogP contribution in [0.1, 0.15) is 24.1 Å². The summed E-state index contributed by atoms with van der Waals surface area (Å²) < 4.78 is 16.3. The molecule has 2 aromatic carbocycles. The lowest BCUT2D eigenvalue weighted by molar-refractivity contribution is -0.140. The van der Waals surface area contributed by atoms with Crippen molar-refractivity contribution in [1.82, 2.24) is 10.6 Å². The van der Waals surface area contributed by atoms with Crippen molar-refractivity contribution in [2.24, 2.45) is 0 Å². The van der Waals surface area contributed by atoms with Gasteiger partial charge in [-0.1, -0.05) is 42.5 Å². The van der Waals surface area contributed by atoms with Gasteiger partial charge < -0.3 is 24.8 Å². The molecular formula is C21H22N2O5. The molecule has 1 aliphatic rings. The van der Waals surface area contributed by atoms with Crippen LogP contribution in [0.4, 0.5) is 4.79 Å². The van der Waals surface area contributed by atoms with Crippen molar-refractivity contribution >= 4 is 12.0 Å². The van der Waals surface area contributed by atoms with Gasteiger partial charge in [0, 0.05) is 11.3 Å². The van der Waals surface area contributed by atoms with Gasteiger partial charge in [-0.3, -0.25) is 0 Å². The van der Waals surface area contributed by atoms with Crippen LogP contribution in [0.3, 0.4) is 0 Å². The van der Waals surface area contributed by atoms with Crippen LogP contribution in [0.2, 0.25) is 0 Å². The second kappa shape index (κ2) is 8.47. The number of amides is 2. The largest absolute Gasteiger partial charge is 0.493 e. The zero-order valence-corrected chi connectivity index (χ0v) is 15.9. The summed E-state index contributed by atoms with van der Waals surface area (Å²) in [6.45, 7) is 1.80. The van der Waals surface area contributed by atoms with Gasteiger partial charge >= 0.3 is 12.0 Å². The zero-order valence-electron chi connectivity index (χ0n) is 15.9. The minimum atomic E-state index is -0.734. The Hall–Kier alpha value is -3.48. The number of urea groups is 1. The summed E-state index contributed by atoms with van der Waals surface area (Å²) >= 11 is 0. The van der Waals surface area contributed by atoms with Crippen molar-refractivity contribution in [1.29, 1.82) is 0 Å². The van der Waals surface area contributed by atoms with E-state index in [1.165, 1.54) is 14.2 Å². The standard InChI is InChI=1S/C21H22N2O5/c1-13-17(20(24)28-12-14-8-5-4-6-9-14)18(23-21(25)22-13)15-10-7-11-16(26-2)19(15)27-3/h4-11,18H,12H2,1-3H3,(H2,22,23,25). The Morgan fingerprint density at radius 2 is 1.79 bits per heavy atom. The first-order valence-electron chi connectivity index (χ1n) is 8.75. The number of allylic oxidation sites excluding steroid dienone is 1. The fourth-order valence-corrected chi connectivity index (χ4v) is 3.14. The Balaban J connectivity index is 1.94. The maximum Gasteiger partial charge on any atom is 0.338 e. The third kappa shape index (κ3) is 3.93. The van der Waals surface area contributed by atoms with E-state index in [4.69, 9.17) is 14.2 Å². The molecule has 1 atom stereocenters. The highest BCUT2D eigenvalue weighted by Crippen LogP contribution is 2.39. The number of hydrogen-bond acceptors (Lipinski definition) is 5. The Bertz CT molecular complexity index is 908. The number of methoxy groups -OCH3 is 2. The van der Waals surface area contributed by atoms with Crippen LogP contribution in [-0.4, -0.2) is 26.2 Å². The second-order valence-electron chi connectivity index (χ2n) is 6.21. The average Bonchev–Trinajstić information content (AvgIpc) is 2.71. The number of carbonyl (C=O) groups is 2. The molecule has 28 heavy (non-hydrogen) atoms. The molecule has 1 heterocycles. The van der Waals surface area contributed by atoms with Crippen LogP contribution in [0.15, 0.2) is 59.8 Å². The van der Waals surface area contributed by atoms with Crippen LogP contribution in [0.25, 0.3) is 0 Å². The van der Waals surface area contributed by atoms with E-state index in [2.05, 4.69) is 10.6 Å². The molecule has 7 nitrogen and oxygen atoms in total. The number of esters is 1. The molecule has 0 fully saturated rings. The number of rotatable bonds is 6. The molecule has 3 rings (SSSR count). The van der Waals surface area contributed by atoms with E-state index < -0.39 is 18.0 Å². The zero-order chi connectivity index (χ0) is 20.1. The van der Waals surface area contributed by atoms with E-state index in [1.807, 2.05) is 30.3 Å². The fourth-order valence-electron chi connectivity index (χ4n) is 3.14. The van der Waals surface area contributed by atoms with E-state index in [-0.39, 0.29) is 6.61 Å². The molecule has 146 valence electrons. The highest BCUT2D eigenvalue weighted by Gasteiger charge is 2.34. The SMILES string of the molecule is COc1cccc(C2NC(=O)NC(C)=C2C(=O)OCc2ccccc2)c1OC. The highest BCUT2D eigenvalue weighted by molar-refractivity contribution is 5.95. The van der Waals surface area contributed by atoms with Crippen LogP contribution in [0, 0.1) is 0 Å². The fraction of sp³-hybridized carbons (Fsp3) is 0.238. The number of ether oxygens (including phenoxy) is 3. The lowest BCUT2D eigenvalue weighted by Gasteiger charge is -2.29. The Morgan fingerprint density at radius 3 is 2.46 bits per heavy atom. The Labute approximate surface area is 163 Å². The first kappa shape index (κ1) is 19.3. The van der Waals surface area contributed by atoms with Gasteiger partial charge in [-0.15, -0.1) is 0 Å². The van der Waals surface area contributed by atoms with Crippen molar-refractivity contribution < 1.29 is 23.8 Å². The highest BCUT2D eigenvalue weighted by atomic mass is 16.5. The molecule has 0 saturated carbocycles. The van der Waals surface area contributed by atoms with Gasteiger partial charge in [0.15, 0.2) is 11.5 Å². The van der Waals surface area contributed by atoms with E-state index >= 15 is 0 Å². The minimum absolute atomic E-state index is 0.131. The molecule has 0 aliphatic carbocycles. The number of para-hydroxylation sites is 1. The van der Waals surface area contributed by atoms with Crippen molar-refractivity contribution in [2.75, 3.05) is 14.2 Å².